The van der Waals surface area contributed by atoms with E-state index < -0.39 is 5.60 Å². The lowest BCUT2D eigenvalue weighted by Gasteiger charge is -2.39. The maximum absolute atomic E-state index is 13.6. The summed E-state index contributed by atoms with van der Waals surface area (Å²) < 4.78 is 5.51. The number of carbonyl (C=O) groups excluding carboxylic acids is 3. The third kappa shape index (κ3) is 6.84. The smallest absolute Gasteiger partial charge is 0.410 e. The van der Waals surface area contributed by atoms with Crippen LogP contribution in [0.15, 0.2) is 36.7 Å². The van der Waals surface area contributed by atoms with Crippen LogP contribution in [0.4, 0.5) is 4.79 Å². The third-order valence-electron chi connectivity index (χ3n) is 7.87. The van der Waals surface area contributed by atoms with Crippen LogP contribution in [0.2, 0.25) is 0 Å². The highest BCUT2D eigenvalue weighted by Gasteiger charge is 2.40. The average Bonchev–Trinajstić information content (AvgIpc) is 3.67. The molecular weight excluding hydrogens is 520 g/mol. The van der Waals surface area contributed by atoms with Crippen LogP contribution in [-0.2, 0) is 16.0 Å². The fourth-order valence-corrected chi connectivity index (χ4v) is 5.62. The number of hydrogen-bond acceptors (Lipinski definition) is 7. The average molecular weight is 559 g/mol. The van der Waals surface area contributed by atoms with Crippen molar-refractivity contribution < 1.29 is 19.1 Å². The molecule has 2 aliphatic heterocycles. The number of nitrogens with zero attached hydrogens (tertiary/aromatic N) is 6. The predicted molar refractivity (Wildman–Crippen MR) is 152 cm³/mol. The zero-order valence-corrected chi connectivity index (χ0v) is 24.1. The van der Waals surface area contributed by atoms with E-state index in [2.05, 4.69) is 16.0 Å². The molecule has 0 N–H and O–H groups in total. The summed E-state index contributed by atoms with van der Waals surface area (Å²) in [5, 5.41) is 9.25. The zero-order chi connectivity index (χ0) is 29.1. The Kier molecular flexibility index (Phi) is 8.25. The topological polar surface area (TPSA) is 120 Å². The normalized spacial score (nSPS) is 19.5. The van der Waals surface area contributed by atoms with Gasteiger partial charge in [0.1, 0.15) is 11.6 Å². The van der Waals surface area contributed by atoms with Crippen LogP contribution < -0.4 is 0 Å². The number of piperidine rings is 1. The van der Waals surface area contributed by atoms with Gasteiger partial charge in [0.2, 0.25) is 5.91 Å². The van der Waals surface area contributed by atoms with Crippen molar-refractivity contribution >= 4 is 17.9 Å². The first-order valence-corrected chi connectivity index (χ1v) is 14.5. The number of aromatic nitrogens is 2. The summed E-state index contributed by atoms with van der Waals surface area (Å²) in [5.74, 6) is 0.407. The van der Waals surface area contributed by atoms with E-state index in [1.54, 1.807) is 22.2 Å². The largest absolute Gasteiger partial charge is 0.444 e. The maximum atomic E-state index is 13.6. The van der Waals surface area contributed by atoms with Crippen molar-refractivity contribution in [1.29, 1.82) is 5.26 Å². The fraction of sp³-hybridized carbons (Fsp3) is 0.548. The van der Waals surface area contributed by atoms with Gasteiger partial charge in [-0.3, -0.25) is 9.59 Å². The molecule has 41 heavy (non-hydrogen) atoms. The molecule has 2 aromatic rings. The second-order valence-corrected chi connectivity index (χ2v) is 12.2. The summed E-state index contributed by atoms with van der Waals surface area (Å²) in [7, 11) is 0. The highest BCUT2D eigenvalue weighted by molar-refractivity contribution is 5.94. The van der Waals surface area contributed by atoms with Gasteiger partial charge >= 0.3 is 6.09 Å². The van der Waals surface area contributed by atoms with E-state index in [4.69, 9.17) is 4.74 Å². The molecular formula is C31H38N6O4. The Morgan fingerprint density at radius 3 is 2.20 bits per heavy atom. The molecule has 1 aromatic heterocycles. The first-order valence-electron chi connectivity index (χ1n) is 14.5. The van der Waals surface area contributed by atoms with E-state index in [0.717, 1.165) is 36.8 Å². The fourth-order valence-electron chi connectivity index (χ4n) is 5.62. The summed E-state index contributed by atoms with van der Waals surface area (Å²) in [5.41, 5.74) is 1.58. The van der Waals surface area contributed by atoms with Crippen molar-refractivity contribution in [3.63, 3.8) is 0 Å². The van der Waals surface area contributed by atoms with Crippen molar-refractivity contribution in [2.45, 2.75) is 89.4 Å². The molecule has 10 heteroatoms. The molecule has 10 nitrogen and oxygen atoms in total. The molecule has 1 aliphatic carbocycles. The SMILES string of the molecule is CC(C)(C)OC(=O)N1CCC(N(C(=O)c2cnc(-c3ccc(CC(=O)N4CCC[C@@H]4C#N)cc3)nc2)C2CC2)CC1. The summed E-state index contributed by atoms with van der Waals surface area (Å²) in [4.78, 5) is 53.0. The lowest BCUT2D eigenvalue weighted by molar-refractivity contribution is -0.130. The van der Waals surface area contributed by atoms with Gasteiger partial charge in [-0.15, -0.1) is 0 Å². The summed E-state index contributed by atoms with van der Waals surface area (Å²) >= 11 is 0. The van der Waals surface area contributed by atoms with Gasteiger partial charge < -0.3 is 19.4 Å². The molecule has 2 saturated heterocycles. The van der Waals surface area contributed by atoms with Crippen molar-refractivity contribution in [2.75, 3.05) is 19.6 Å². The van der Waals surface area contributed by atoms with Gasteiger partial charge in [0, 0.05) is 49.7 Å². The van der Waals surface area contributed by atoms with Gasteiger partial charge in [-0.2, -0.15) is 5.26 Å². The Bertz CT molecular complexity index is 1300. The molecule has 3 amide bonds. The van der Waals surface area contributed by atoms with Crippen LogP contribution in [0.3, 0.4) is 0 Å². The molecule has 0 bridgehead atoms. The number of amides is 3. The number of benzene rings is 1. The Labute approximate surface area is 241 Å². The molecule has 3 aliphatic rings. The van der Waals surface area contributed by atoms with Crippen molar-refractivity contribution in [3.05, 3.63) is 47.8 Å². The molecule has 216 valence electrons. The van der Waals surface area contributed by atoms with E-state index in [1.165, 1.54) is 0 Å². The number of likely N-dealkylation sites (tertiary alicyclic amines) is 2. The van der Waals surface area contributed by atoms with E-state index in [9.17, 15) is 19.6 Å². The highest BCUT2D eigenvalue weighted by Crippen LogP contribution is 2.33. The van der Waals surface area contributed by atoms with E-state index >= 15 is 0 Å². The Morgan fingerprint density at radius 1 is 0.976 bits per heavy atom. The second-order valence-electron chi connectivity index (χ2n) is 12.2. The second kappa shape index (κ2) is 11.9. The Morgan fingerprint density at radius 2 is 1.61 bits per heavy atom. The summed E-state index contributed by atoms with van der Waals surface area (Å²) in [6.45, 7) is 7.33. The van der Waals surface area contributed by atoms with Crippen LogP contribution in [-0.4, -0.2) is 85.9 Å². The van der Waals surface area contributed by atoms with Crippen LogP contribution in [0.5, 0.6) is 0 Å². The van der Waals surface area contributed by atoms with Gasteiger partial charge in [0.15, 0.2) is 5.82 Å². The molecule has 3 fully saturated rings. The van der Waals surface area contributed by atoms with Crippen molar-refractivity contribution in [3.8, 4) is 17.5 Å². The number of nitriles is 1. The van der Waals surface area contributed by atoms with E-state index in [-0.39, 0.29) is 42.5 Å². The Hall–Kier alpha value is -4.00. The predicted octanol–water partition coefficient (Wildman–Crippen LogP) is 4.20. The van der Waals surface area contributed by atoms with E-state index in [0.29, 0.717) is 43.9 Å². The molecule has 1 aromatic carbocycles. The number of ether oxygens (including phenoxy) is 1. The van der Waals surface area contributed by atoms with Crippen molar-refractivity contribution in [1.82, 2.24) is 24.7 Å². The van der Waals surface area contributed by atoms with Crippen LogP contribution in [0, 0.1) is 11.3 Å². The van der Waals surface area contributed by atoms with Gasteiger partial charge in [0.05, 0.1) is 18.1 Å². The molecule has 1 atom stereocenters. The quantitative estimate of drug-likeness (QED) is 0.521. The lowest BCUT2D eigenvalue weighted by Crippen LogP contribution is -2.50. The van der Waals surface area contributed by atoms with Crippen LogP contribution in [0.1, 0.15) is 75.2 Å². The molecule has 0 spiro atoms. The standard InChI is InChI=1S/C31H38N6O4/c1-31(2,3)41-30(40)35-15-12-25(13-16-35)37(24-10-11-24)29(39)23-19-33-28(34-20-23)22-8-6-21(7-9-22)17-27(38)36-14-4-5-26(36)18-32/h6-9,19-20,24-26H,4-5,10-17H2,1-3H3/t26-/m1/s1. The third-order valence-corrected chi connectivity index (χ3v) is 7.87. The van der Waals surface area contributed by atoms with Gasteiger partial charge in [0.25, 0.3) is 5.91 Å². The zero-order valence-electron chi connectivity index (χ0n) is 24.1. The minimum absolute atomic E-state index is 0.0309. The maximum Gasteiger partial charge on any atom is 0.410 e. The van der Waals surface area contributed by atoms with Gasteiger partial charge in [-0.05, 0) is 64.9 Å². The molecule has 5 rings (SSSR count). The van der Waals surface area contributed by atoms with Gasteiger partial charge in [-0.25, -0.2) is 14.8 Å². The first-order chi connectivity index (χ1) is 19.6. The molecule has 1 saturated carbocycles. The summed E-state index contributed by atoms with van der Waals surface area (Å²) in [6.07, 6.45) is 8.12. The minimum Gasteiger partial charge on any atom is -0.444 e. The highest BCUT2D eigenvalue weighted by atomic mass is 16.6. The lowest BCUT2D eigenvalue weighted by atomic mass is 10.0. The summed E-state index contributed by atoms with van der Waals surface area (Å²) in [6, 6.07) is 9.69. The minimum atomic E-state index is -0.534. The molecule has 3 heterocycles. The number of hydrogen-bond donors (Lipinski definition) is 0. The monoisotopic (exact) mass is 558 g/mol. The molecule has 0 radical (unpaired) electrons. The number of carbonyl (C=O) groups is 3. The first kappa shape index (κ1) is 28.5. The van der Waals surface area contributed by atoms with Crippen molar-refractivity contribution in [2.24, 2.45) is 0 Å². The van der Waals surface area contributed by atoms with Gasteiger partial charge in [-0.1, -0.05) is 24.3 Å². The number of rotatable bonds is 6. The Balaban J connectivity index is 1.19. The van der Waals surface area contributed by atoms with E-state index in [1.807, 2.05) is 49.9 Å². The van der Waals surface area contributed by atoms with Crippen LogP contribution >= 0.6 is 0 Å². The van der Waals surface area contributed by atoms with Crippen LogP contribution in [0.25, 0.3) is 11.4 Å². The molecule has 0 unspecified atom stereocenters.